The van der Waals surface area contributed by atoms with E-state index in [0.29, 0.717) is 30.8 Å². The second-order valence-electron chi connectivity index (χ2n) is 14.0. The molecule has 1 aliphatic rings. The molecule has 258 valence electrons. The lowest BCUT2D eigenvalue weighted by molar-refractivity contribution is -0.138. The lowest BCUT2D eigenvalue weighted by atomic mass is 9.94. The zero-order valence-electron chi connectivity index (χ0n) is 29.1. The van der Waals surface area contributed by atoms with Crippen LogP contribution in [0.4, 0.5) is 16.2 Å². The number of fused-ring (bicyclic) bond motifs is 1. The number of nitrogens with zero attached hydrogens (tertiary/aromatic N) is 1. The molecule has 3 aromatic carbocycles. The van der Waals surface area contributed by atoms with Gasteiger partial charge in [0, 0.05) is 34.5 Å². The summed E-state index contributed by atoms with van der Waals surface area (Å²) >= 11 is 0. The molecule has 0 saturated carbocycles. The maximum absolute atomic E-state index is 13.6. The van der Waals surface area contributed by atoms with Crippen LogP contribution in [0.15, 0.2) is 78.9 Å². The van der Waals surface area contributed by atoms with E-state index in [-0.39, 0.29) is 29.6 Å². The van der Waals surface area contributed by atoms with Crippen molar-refractivity contribution < 1.29 is 23.9 Å². The Morgan fingerprint density at radius 3 is 2.27 bits per heavy atom. The first-order valence-corrected chi connectivity index (χ1v) is 17.0. The monoisotopic (exact) mass is 665 g/mol. The SMILES string of the molecule is CC[C@@H](C(=O)N1CCC[C@H]1C(=O)Nc1ccc2[nH]c(-c3ccc(NC(=O)C(NC(=O)OC(C)(C)C)C(C)C)cc3)cc2c1)c1ccccc1. The third-order valence-corrected chi connectivity index (χ3v) is 8.72. The number of carbonyl (C=O) groups is 4. The van der Waals surface area contributed by atoms with Crippen molar-refractivity contribution in [3.63, 3.8) is 0 Å². The zero-order valence-corrected chi connectivity index (χ0v) is 29.1. The largest absolute Gasteiger partial charge is 0.444 e. The smallest absolute Gasteiger partial charge is 0.408 e. The summed E-state index contributed by atoms with van der Waals surface area (Å²) in [5, 5.41) is 9.54. The number of rotatable bonds is 10. The number of benzene rings is 3. The van der Waals surface area contributed by atoms with E-state index in [1.165, 1.54) is 0 Å². The fourth-order valence-corrected chi connectivity index (χ4v) is 6.26. The van der Waals surface area contributed by atoms with Crippen LogP contribution in [0.1, 0.15) is 72.3 Å². The second-order valence-corrected chi connectivity index (χ2v) is 14.0. The molecule has 0 spiro atoms. The Morgan fingerprint density at radius 2 is 1.61 bits per heavy atom. The van der Waals surface area contributed by atoms with Crippen molar-refractivity contribution in [2.45, 2.75) is 84.4 Å². The molecule has 4 N–H and O–H groups in total. The summed E-state index contributed by atoms with van der Waals surface area (Å²) in [4.78, 5) is 57.5. The molecule has 0 radical (unpaired) electrons. The average molecular weight is 666 g/mol. The number of aromatic nitrogens is 1. The normalized spacial score (nSPS) is 15.9. The Bertz CT molecular complexity index is 1790. The molecule has 2 heterocycles. The highest BCUT2D eigenvalue weighted by Crippen LogP contribution is 2.30. The van der Waals surface area contributed by atoms with Gasteiger partial charge in [-0.05, 0) is 93.5 Å². The quantitative estimate of drug-likeness (QED) is 0.140. The summed E-state index contributed by atoms with van der Waals surface area (Å²) in [7, 11) is 0. The lowest BCUT2D eigenvalue weighted by Gasteiger charge is -2.28. The number of amides is 4. The van der Waals surface area contributed by atoms with E-state index < -0.39 is 23.8 Å². The fourth-order valence-electron chi connectivity index (χ4n) is 6.26. The van der Waals surface area contributed by atoms with Crippen LogP contribution in [0.25, 0.3) is 22.2 Å². The summed E-state index contributed by atoms with van der Waals surface area (Å²) < 4.78 is 5.33. The minimum atomic E-state index is -0.766. The van der Waals surface area contributed by atoms with E-state index in [4.69, 9.17) is 4.74 Å². The first kappa shape index (κ1) is 35.2. The minimum Gasteiger partial charge on any atom is -0.444 e. The van der Waals surface area contributed by atoms with Crippen molar-refractivity contribution in [2.24, 2.45) is 5.92 Å². The van der Waals surface area contributed by atoms with Crippen LogP contribution in [-0.4, -0.2) is 57.9 Å². The van der Waals surface area contributed by atoms with Gasteiger partial charge in [0.15, 0.2) is 0 Å². The number of nitrogens with one attached hydrogen (secondary N) is 4. The maximum atomic E-state index is 13.6. The van der Waals surface area contributed by atoms with E-state index >= 15 is 0 Å². The van der Waals surface area contributed by atoms with Crippen LogP contribution in [-0.2, 0) is 19.1 Å². The predicted molar refractivity (Wildman–Crippen MR) is 193 cm³/mol. The third-order valence-electron chi connectivity index (χ3n) is 8.72. The van der Waals surface area contributed by atoms with Crippen molar-refractivity contribution in [1.29, 1.82) is 0 Å². The molecule has 5 rings (SSSR count). The van der Waals surface area contributed by atoms with Crippen molar-refractivity contribution in [3.05, 3.63) is 84.4 Å². The van der Waals surface area contributed by atoms with Gasteiger partial charge in [-0.25, -0.2) is 4.79 Å². The number of H-pyrrole nitrogens is 1. The number of alkyl carbamates (subject to hydrolysis) is 1. The van der Waals surface area contributed by atoms with Gasteiger partial charge >= 0.3 is 6.09 Å². The number of anilines is 2. The standard InChI is InChI=1S/C39H47N5O5/c1-7-30(25-12-9-8-10-13-25)37(47)44-21-11-14-33(44)35(45)41-29-19-20-31-27(22-29)23-32(42-31)26-15-17-28(18-16-26)40-36(46)34(24(2)3)43-38(48)49-39(4,5)6/h8-10,12-13,15-20,22-24,30,33-34,42H,7,11,14,21H2,1-6H3,(H,40,46)(H,41,45)(H,43,48)/t30-,33+,34?/m1/s1. The number of hydrogen-bond acceptors (Lipinski definition) is 5. The van der Waals surface area contributed by atoms with E-state index in [1.54, 1.807) is 25.7 Å². The molecule has 1 saturated heterocycles. The van der Waals surface area contributed by atoms with Crippen molar-refractivity contribution in [2.75, 3.05) is 17.2 Å². The molecule has 0 aliphatic carbocycles. The molecular formula is C39H47N5O5. The topological polar surface area (TPSA) is 133 Å². The third kappa shape index (κ3) is 8.68. The van der Waals surface area contributed by atoms with Crippen LogP contribution in [0.3, 0.4) is 0 Å². The van der Waals surface area contributed by atoms with Gasteiger partial charge in [0.2, 0.25) is 17.7 Å². The maximum Gasteiger partial charge on any atom is 0.408 e. The van der Waals surface area contributed by atoms with Gasteiger partial charge in [-0.15, -0.1) is 0 Å². The Kier molecular flexibility index (Phi) is 10.8. The highest BCUT2D eigenvalue weighted by molar-refractivity contribution is 6.00. The molecule has 1 aromatic heterocycles. The number of likely N-dealkylation sites (tertiary alicyclic amines) is 1. The number of ether oxygens (including phenoxy) is 1. The second kappa shape index (κ2) is 15.0. The number of hydrogen-bond donors (Lipinski definition) is 4. The highest BCUT2D eigenvalue weighted by Gasteiger charge is 2.37. The van der Waals surface area contributed by atoms with Crippen molar-refractivity contribution in [3.8, 4) is 11.3 Å². The fraction of sp³-hybridized carbons (Fsp3) is 0.385. The molecule has 3 atom stereocenters. The van der Waals surface area contributed by atoms with E-state index in [0.717, 1.165) is 34.1 Å². The molecule has 0 bridgehead atoms. The first-order valence-electron chi connectivity index (χ1n) is 17.0. The number of carbonyl (C=O) groups excluding carboxylic acids is 4. The van der Waals surface area contributed by atoms with Crippen LogP contribution >= 0.6 is 0 Å². The molecule has 1 unspecified atom stereocenters. The average Bonchev–Trinajstić information content (AvgIpc) is 3.72. The van der Waals surface area contributed by atoms with Gasteiger partial charge in [-0.3, -0.25) is 14.4 Å². The van der Waals surface area contributed by atoms with Gasteiger partial charge in [0.1, 0.15) is 17.7 Å². The molecule has 4 aromatic rings. The summed E-state index contributed by atoms with van der Waals surface area (Å²) in [6.07, 6.45) is 1.45. The Morgan fingerprint density at radius 1 is 0.918 bits per heavy atom. The Labute approximate surface area is 288 Å². The van der Waals surface area contributed by atoms with E-state index in [1.807, 2.05) is 99.6 Å². The van der Waals surface area contributed by atoms with Gasteiger partial charge < -0.3 is 30.6 Å². The van der Waals surface area contributed by atoms with Crippen LogP contribution in [0.5, 0.6) is 0 Å². The lowest BCUT2D eigenvalue weighted by Crippen LogP contribution is -2.48. The van der Waals surface area contributed by atoms with E-state index in [9.17, 15) is 19.2 Å². The highest BCUT2D eigenvalue weighted by atomic mass is 16.6. The molecule has 1 aliphatic heterocycles. The molecule has 10 heteroatoms. The van der Waals surface area contributed by atoms with Gasteiger partial charge in [0.25, 0.3) is 0 Å². The van der Waals surface area contributed by atoms with Crippen molar-refractivity contribution >= 4 is 46.1 Å². The van der Waals surface area contributed by atoms with Crippen LogP contribution in [0, 0.1) is 5.92 Å². The molecule has 10 nitrogen and oxygen atoms in total. The van der Waals surface area contributed by atoms with Gasteiger partial charge in [-0.1, -0.05) is 63.2 Å². The summed E-state index contributed by atoms with van der Waals surface area (Å²) in [5.74, 6) is -0.934. The Hall–Kier alpha value is -5.12. The van der Waals surface area contributed by atoms with Gasteiger partial charge in [-0.2, -0.15) is 0 Å². The van der Waals surface area contributed by atoms with Crippen LogP contribution in [0.2, 0.25) is 0 Å². The van der Waals surface area contributed by atoms with E-state index in [2.05, 4.69) is 20.9 Å². The Balaban J connectivity index is 1.23. The molecule has 49 heavy (non-hydrogen) atoms. The number of aromatic amines is 1. The molecular weight excluding hydrogens is 618 g/mol. The zero-order chi connectivity index (χ0) is 35.3. The minimum absolute atomic E-state index is 0.000121. The summed E-state index contributed by atoms with van der Waals surface area (Å²) in [6.45, 7) is 11.6. The summed E-state index contributed by atoms with van der Waals surface area (Å²) in [6, 6.07) is 23.6. The predicted octanol–water partition coefficient (Wildman–Crippen LogP) is 7.45. The molecule has 1 fully saturated rings. The van der Waals surface area contributed by atoms with Gasteiger partial charge in [0.05, 0.1) is 5.92 Å². The first-order chi connectivity index (χ1) is 23.3. The summed E-state index contributed by atoms with van der Waals surface area (Å²) in [5.41, 5.74) is 4.26. The molecule has 4 amide bonds. The van der Waals surface area contributed by atoms with Crippen molar-refractivity contribution in [1.82, 2.24) is 15.2 Å². The van der Waals surface area contributed by atoms with Crippen LogP contribution < -0.4 is 16.0 Å².